The number of hydrogen-bond donors (Lipinski definition) is 0. The monoisotopic (exact) mass is 317 g/mol. The molecule has 0 radical (unpaired) electrons. The lowest BCUT2D eigenvalue weighted by atomic mass is 10.1. The molecular weight excluding hydrogens is 295 g/mol. The van der Waals surface area contributed by atoms with Gasteiger partial charge in [-0.05, 0) is 17.5 Å². The summed E-state index contributed by atoms with van der Waals surface area (Å²) >= 11 is 0. The molecule has 0 N–H and O–H groups in total. The number of nitrogens with zero attached hydrogens (tertiary/aromatic N) is 1. The summed E-state index contributed by atoms with van der Waals surface area (Å²) in [6.07, 6.45) is -4.44. The summed E-state index contributed by atoms with van der Waals surface area (Å²) in [5.41, 5.74) is -0.365. The van der Waals surface area contributed by atoms with E-state index in [1.807, 2.05) is 13.8 Å². The first-order valence-electron chi connectivity index (χ1n) is 7.17. The standard InChI is InChI=1S/C16H22F3NO2/c1-12(2)11-20(7-8-22-3)15(21)10-13-5-4-6-14(9-13)16(17,18)19/h4-6,9,12H,7-8,10-11H2,1-3H3. The van der Waals surface area contributed by atoms with Gasteiger partial charge in [0.25, 0.3) is 0 Å². The van der Waals surface area contributed by atoms with Crippen molar-refractivity contribution in [2.24, 2.45) is 5.92 Å². The number of benzene rings is 1. The molecule has 22 heavy (non-hydrogen) atoms. The van der Waals surface area contributed by atoms with Crippen molar-refractivity contribution in [3.63, 3.8) is 0 Å². The van der Waals surface area contributed by atoms with Crippen LogP contribution in [0.5, 0.6) is 0 Å². The van der Waals surface area contributed by atoms with Crippen LogP contribution < -0.4 is 0 Å². The van der Waals surface area contributed by atoms with E-state index in [9.17, 15) is 18.0 Å². The maximum absolute atomic E-state index is 12.7. The molecule has 0 aliphatic carbocycles. The average Bonchev–Trinajstić information content (AvgIpc) is 2.42. The second-order valence-electron chi connectivity index (χ2n) is 5.60. The van der Waals surface area contributed by atoms with Crippen LogP contribution >= 0.6 is 0 Å². The van der Waals surface area contributed by atoms with Gasteiger partial charge in [-0.15, -0.1) is 0 Å². The molecule has 0 unspecified atom stereocenters. The lowest BCUT2D eigenvalue weighted by Gasteiger charge is -2.24. The van der Waals surface area contributed by atoms with Crippen LogP contribution in [0.25, 0.3) is 0 Å². The quantitative estimate of drug-likeness (QED) is 0.771. The van der Waals surface area contributed by atoms with Crippen molar-refractivity contribution in [1.29, 1.82) is 0 Å². The Balaban J connectivity index is 2.80. The van der Waals surface area contributed by atoms with E-state index in [2.05, 4.69) is 0 Å². The predicted octanol–water partition coefficient (Wildman–Crippen LogP) is 3.38. The Morgan fingerprint density at radius 2 is 2.00 bits per heavy atom. The lowest BCUT2D eigenvalue weighted by Crippen LogP contribution is -2.37. The van der Waals surface area contributed by atoms with Gasteiger partial charge >= 0.3 is 6.18 Å². The Bertz CT molecular complexity index is 487. The number of amides is 1. The number of hydrogen-bond acceptors (Lipinski definition) is 2. The van der Waals surface area contributed by atoms with Crippen LogP contribution in [0.2, 0.25) is 0 Å². The SMILES string of the molecule is COCCN(CC(C)C)C(=O)Cc1cccc(C(F)(F)F)c1. The normalized spacial score (nSPS) is 11.8. The van der Waals surface area contributed by atoms with E-state index in [4.69, 9.17) is 4.74 Å². The first-order valence-corrected chi connectivity index (χ1v) is 7.17. The second kappa shape index (κ2) is 8.17. The van der Waals surface area contributed by atoms with Crippen LogP contribution in [0.15, 0.2) is 24.3 Å². The molecule has 6 heteroatoms. The summed E-state index contributed by atoms with van der Waals surface area (Å²) in [5, 5.41) is 0. The van der Waals surface area contributed by atoms with Crippen LogP contribution in [0.3, 0.4) is 0 Å². The van der Waals surface area contributed by atoms with Gasteiger partial charge in [0.15, 0.2) is 0 Å². The smallest absolute Gasteiger partial charge is 0.383 e. The van der Waals surface area contributed by atoms with E-state index in [1.165, 1.54) is 12.1 Å². The average molecular weight is 317 g/mol. The van der Waals surface area contributed by atoms with Crippen molar-refractivity contribution in [3.05, 3.63) is 35.4 Å². The molecule has 1 aromatic carbocycles. The summed E-state index contributed by atoms with van der Waals surface area (Å²) in [4.78, 5) is 13.9. The minimum atomic E-state index is -4.40. The Morgan fingerprint density at radius 3 is 2.55 bits per heavy atom. The summed E-state index contributed by atoms with van der Waals surface area (Å²) in [6.45, 7) is 5.36. The van der Waals surface area contributed by atoms with Gasteiger partial charge in [-0.3, -0.25) is 4.79 Å². The van der Waals surface area contributed by atoms with Crippen molar-refractivity contribution >= 4 is 5.91 Å². The number of halogens is 3. The predicted molar refractivity (Wildman–Crippen MR) is 78.4 cm³/mol. The molecule has 0 bridgehead atoms. The molecule has 124 valence electrons. The first-order chi connectivity index (χ1) is 10.2. The van der Waals surface area contributed by atoms with Crippen LogP contribution in [-0.2, 0) is 22.1 Å². The molecule has 1 amide bonds. The highest BCUT2D eigenvalue weighted by molar-refractivity contribution is 5.78. The zero-order chi connectivity index (χ0) is 16.8. The molecule has 0 saturated heterocycles. The van der Waals surface area contributed by atoms with Gasteiger partial charge in [0, 0.05) is 20.2 Å². The molecule has 0 fully saturated rings. The molecular formula is C16H22F3NO2. The highest BCUT2D eigenvalue weighted by atomic mass is 19.4. The summed E-state index contributed by atoms with van der Waals surface area (Å²) < 4.78 is 43.0. The summed E-state index contributed by atoms with van der Waals surface area (Å²) in [5.74, 6) is 0.0902. The highest BCUT2D eigenvalue weighted by Crippen LogP contribution is 2.29. The zero-order valence-electron chi connectivity index (χ0n) is 13.1. The Morgan fingerprint density at radius 1 is 1.32 bits per heavy atom. The lowest BCUT2D eigenvalue weighted by molar-refractivity contribution is -0.138. The maximum Gasteiger partial charge on any atom is 0.416 e. The Hall–Kier alpha value is -1.56. The topological polar surface area (TPSA) is 29.5 Å². The molecule has 0 saturated carbocycles. The molecule has 3 nitrogen and oxygen atoms in total. The molecule has 0 aromatic heterocycles. The molecule has 0 spiro atoms. The van der Waals surface area contributed by atoms with Gasteiger partial charge in [-0.1, -0.05) is 32.0 Å². The van der Waals surface area contributed by atoms with E-state index in [1.54, 1.807) is 12.0 Å². The van der Waals surface area contributed by atoms with E-state index < -0.39 is 11.7 Å². The minimum Gasteiger partial charge on any atom is -0.383 e. The third-order valence-corrected chi connectivity index (χ3v) is 3.11. The van der Waals surface area contributed by atoms with Crippen molar-refractivity contribution in [2.75, 3.05) is 26.8 Å². The number of methoxy groups -OCH3 is 1. The summed E-state index contributed by atoms with van der Waals surface area (Å²) in [6, 6.07) is 4.90. The number of ether oxygens (including phenoxy) is 1. The fourth-order valence-electron chi connectivity index (χ4n) is 2.10. The van der Waals surface area contributed by atoms with Crippen molar-refractivity contribution < 1.29 is 22.7 Å². The molecule has 0 heterocycles. The van der Waals surface area contributed by atoms with E-state index in [-0.39, 0.29) is 18.2 Å². The molecule has 1 rings (SSSR count). The zero-order valence-corrected chi connectivity index (χ0v) is 13.1. The van der Waals surface area contributed by atoms with Gasteiger partial charge in [0.05, 0.1) is 18.6 Å². The van der Waals surface area contributed by atoms with Crippen molar-refractivity contribution in [2.45, 2.75) is 26.4 Å². The Kier molecular flexibility index (Phi) is 6.87. The fourth-order valence-corrected chi connectivity index (χ4v) is 2.10. The minimum absolute atomic E-state index is 0.0413. The van der Waals surface area contributed by atoms with E-state index in [0.29, 0.717) is 25.3 Å². The van der Waals surface area contributed by atoms with Crippen molar-refractivity contribution in [1.82, 2.24) is 4.90 Å². The number of carbonyl (C=O) groups is 1. The molecule has 0 aliphatic rings. The first kappa shape index (κ1) is 18.5. The Labute approximate surface area is 129 Å². The number of alkyl halides is 3. The van der Waals surface area contributed by atoms with E-state index in [0.717, 1.165) is 12.1 Å². The van der Waals surface area contributed by atoms with Gasteiger partial charge in [-0.2, -0.15) is 13.2 Å². The van der Waals surface area contributed by atoms with Gasteiger partial charge < -0.3 is 9.64 Å². The van der Waals surface area contributed by atoms with Crippen molar-refractivity contribution in [3.8, 4) is 0 Å². The number of rotatable bonds is 7. The van der Waals surface area contributed by atoms with Crippen LogP contribution in [0.4, 0.5) is 13.2 Å². The number of carbonyl (C=O) groups excluding carboxylic acids is 1. The highest BCUT2D eigenvalue weighted by Gasteiger charge is 2.30. The third kappa shape index (κ3) is 6.05. The van der Waals surface area contributed by atoms with Crippen LogP contribution in [0, 0.1) is 5.92 Å². The molecule has 0 atom stereocenters. The third-order valence-electron chi connectivity index (χ3n) is 3.11. The maximum atomic E-state index is 12.7. The van der Waals surface area contributed by atoms with Gasteiger partial charge in [0.2, 0.25) is 5.91 Å². The molecule has 0 aliphatic heterocycles. The largest absolute Gasteiger partial charge is 0.416 e. The van der Waals surface area contributed by atoms with E-state index >= 15 is 0 Å². The fraction of sp³-hybridized carbons (Fsp3) is 0.562. The van der Waals surface area contributed by atoms with Crippen LogP contribution in [0.1, 0.15) is 25.0 Å². The second-order valence-corrected chi connectivity index (χ2v) is 5.60. The molecule has 1 aromatic rings. The van der Waals surface area contributed by atoms with Crippen LogP contribution in [-0.4, -0.2) is 37.6 Å². The van der Waals surface area contributed by atoms with Gasteiger partial charge in [-0.25, -0.2) is 0 Å². The van der Waals surface area contributed by atoms with Gasteiger partial charge in [0.1, 0.15) is 0 Å². The summed E-state index contributed by atoms with van der Waals surface area (Å²) in [7, 11) is 1.55.